The number of amidine groups is 1. The minimum atomic E-state index is 0.0897. The van der Waals surface area contributed by atoms with Crippen molar-refractivity contribution in [3.05, 3.63) is 24.8 Å². The summed E-state index contributed by atoms with van der Waals surface area (Å²) in [5.41, 5.74) is 5.00. The fourth-order valence-electron chi connectivity index (χ4n) is 0.291. The Morgan fingerprint density at radius 1 is 1.75 bits per heavy atom. The Morgan fingerprint density at radius 3 is 2.75 bits per heavy atom. The van der Waals surface area contributed by atoms with Crippen LogP contribution < -0.4 is 5.73 Å². The highest BCUT2D eigenvalue weighted by atomic mass is 14.7. The molecule has 2 nitrogen and oxygen atoms in total. The van der Waals surface area contributed by atoms with Crippen molar-refractivity contribution in [2.75, 3.05) is 0 Å². The van der Waals surface area contributed by atoms with Crippen molar-refractivity contribution in [2.45, 2.75) is 6.42 Å². The highest BCUT2D eigenvalue weighted by Crippen LogP contribution is 1.80. The van der Waals surface area contributed by atoms with Crippen LogP contribution in [-0.2, 0) is 0 Å². The van der Waals surface area contributed by atoms with Crippen molar-refractivity contribution in [1.29, 1.82) is 5.41 Å². The summed E-state index contributed by atoms with van der Waals surface area (Å²) in [6.45, 7) is 3.49. The van der Waals surface area contributed by atoms with E-state index in [9.17, 15) is 0 Å². The number of nitrogens with two attached hydrogens (primary N) is 1. The lowest BCUT2D eigenvalue weighted by molar-refractivity contribution is 1.39. The van der Waals surface area contributed by atoms with Gasteiger partial charge in [0.15, 0.2) is 0 Å². The molecule has 0 unspecified atom stereocenters. The summed E-state index contributed by atoms with van der Waals surface area (Å²) in [5, 5.41) is 6.73. The average molecular weight is 110 g/mol. The molecule has 0 aliphatic rings. The van der Waals surface area contributed by atoms with Crippen LogP contribution in [0.1, 0.15) is 6.42 Å². The topological polar surface area (TPSA) is 49.9 Å². The van der Waals surface area contributed by atoms with Gasteiger partial charge in [-0.05, 0) is 12.5 Å². The molecule has 0 spiro atoms. The Bertz CT molecular complexity index is 114. The first-order valence-electron chi connectivity index (χ1n) is 2.39. The molecule has 2 heteroatoms. The molecule has 0 atom stereocenters. The Morgan fingerprint density at radius 2 is 2.38 bits per heavy atom. The van der Waals surface area contributed by atoms with E-state index < -0.39 is 0 Å². The number of rotatable bonds is 3. The minimum Gasteiger partial charge on any atom is -0.384 e. The van der Waals surface area contributed by atoms with Gasteiger partial charge in [-0.25, -0.2) is 0 Å². The molecule has 0 fully saturated rings. The van der Waals surface area contributed by atoms with Gasteiger partial charge in [0.2, 0.25) is 0 Å². The zero-order valence-corrected chi connectivity index (χ0v) is 4.72. The fraction of sp³-hybridized carbons (Fsp3) is 0.167. The number of nitrogens with one attached hydrogen (secondary N) is 1. The van der Waals surface area contributed by atoms with E-state index in [1.54, 1.807) is 18.2 Å². The molecule has 0 aromatic carbocycles. The molecule has 0 saturated heterocycles. The lowest BCUT2D eigenvalue weighted by Crippen LogP contribution is -2.03. The Kier molecular flexibility index (Phi) is 3.58. The summed E-state index contributed by atoms with van der Waals surface area (Å²) in [7, 11) is 0. The van der Waals surface area contributed by atoms with E-state index in [0.29, 0.717) is 0 Å². The molecular weight excluding hydrogens is 100 g/mol. The monoisotopic (exact) mass is 110 g/mol. The maximum Gasteiger partial charge on any atom is 0.114 e. The van der Waals surface area contributed by atoms with Crippen LogP contribution in [0.25, 0.3) is 0 Å². The third-order valence-corrected chi connectivity index (χ3v) is 0.600. The van der Waals surface area contributed by atoms with E-state index in [-0.39, 0.29) is 5.84 Å². The second-order valence-electron chi connectivity index (χ2n) is 1.38. The van der Waals surface area contributed by atoms with Gasteiger partial charge in [0.25, 0.3) is 0 Å². The third kappa shape index (κ3) is 4.95. The molecular formula is C6H10N2. The highest BCUT2D eigenvalue weighted by molar-refractivity contribution is 5.88. The lowest BCUT2D eigenvalue weighted by atomic mass is 10.4. The Labute approximate surface area is 49.2 Å². The number of allylic oxidation sites excluding steroid dienone is 2. The Hall–Kier alpha value is -1.05. The molecule has 0 aromatic heterocycles. The minimum absolute atomic E-state index is 0.0897. The van der Waals surface area contributed by atoms with Crippen molar-refractivity contribution < 1.29 is 0 Å². The average Bonchev–Trinajstić information content (AvgIpc) is 1.66. The molecule has 3 N–H and O–H groups in total. The maximum atomic E-state index is 6.73. The van der Waals surface area contributed by atoms with Crippen LogP contribution in [-0.4, -0.2) is 5.84 Å². The van der Waals surface area contributed by atoms with E-state index in [1.807, 2.05) is 0 Å². The first-order valence-corrected chi connectivity index (χ1v) is 2.39. The molecule has 0 saturated carbocycles. The molecule has 0 aliphatic heterocycles. The van der Waals surface area contributed by atoms with Gasteiger partial charge >= 0.3 is 0 Å². The lowest BCUT2D eigenvalue weighted by Gasteiger charge is -1.80. The van der Waals surface area contributed by atoms with Gasteiger partial charge in [-0.1, -0.05) is 12.2 Å². The van der Waals surface area contributed by atoms with Crippen molar-refractivity contribution in [1.82, 2.24) is 0 Å². The van der Waals surface area contributed by atoms with Gasteiger partial charge in [0, 0.05) is 0 Å². The largest absolute Gasteiger partial charge is 0.384 e. The van der Waals surface area contributed by atoms with Crippen molar-refractivity contribution in [3.63, 3.8) is 0 Å². The van der Waals surface area contributed by atoms with Gasteiger partial charge < -0.3 is 5.73 Å². The van der Waals surface area contributed by atoms with Crippen LogP contribution in [0.3, 0.4) is 0 Å². The number of hydrogen-bond acceptors (Lipinski definition) is 1. The second-order valence-corrected chi connectivity index (χ2v) is 1.38. The molecule has 0 rings (SSSR count). The summed E-state index contributed by atoms with van der Waals surface area (Å²) < 4.78 is 0. The van der Waals surface area contributed by atoms with E-state index in [0.717, 1.165) is 6.42 Å². The standard InChI is InChI=1S/C6H10N2/c1-2-3-4-5-6(7)8/h2,4-5H,1,3H2,(H3,7,8)/b5-4+. The van der Waals surface area contributed by atoms with Gasteiger partial charge in [0.1, 0.15) is 5.84 Å². The van der Waals surface area contributed by atoms with Crippen LogP contribution in [0.4, 0.5) is 0 Å². The van der Waals surface area contributed by atoms with E-state index in [1.165, 1.54) is 0 Å². The van der Waals surface area contributed by atoms with Crippen LogP contribution in [0.2, 0.25) is 0 Å². The molecule has 0 amide bonds. The van der Waals surface area contributed by atoms with Gasteiger partial charge in [-0.2, -0.15) is 0 Å². The molecule has 8 heavy (non-hydrogen) atoms. The van der Waals surface area contributed by atoms with Crippen LogP contribution in [0.15, 0.2) is 24.8 Å². The smallest absolute Gasteiger partial charge is 0.114 e. The fourth-order valence-corrected chi connectivity index (χ4v) is 0.291. The third-order valence-electron chi connectivity index (χ3n) is 0.600. The Balaban J connectivity index is 3.34. The van der Waals surface area contributed by atoms with Gasteiger partial charge in [-0.15, -0.1) is 6.58 Å². The van der Waals surface area contributed by atoms with Crippen molar-refractivity contribution in [3.8, 4) is 0 Å². The van der Waals surface area contributed by atoms with Crippen LogP contribution >= 0.6 is 0 Å². The number of hydrogen-bond donors (Lipinski definition) is 2. The first-order chi connectivity index (χ1) is 3.77. The summed E-state index contributed by atoms with van der Waals surface area (Å²) in [6.07, 6.45) is 5.86. The first kappa shape index (κ1) is 6.95. The molecule has 0 radical (unpaired) electrons. The quantitative estimate of drug-likeness (QED) is 0.318. The summed E-state index contributed by atoms with van der Waals surface area (Å²) in [5.74, 6) is 0.0897. The van der Waals surface area contributed by atoms with E-state index >= 15 is 0 Å². The van der Waals surface area contributed by atoms with E-state index in [4.69, 9.17) is 11.1 Å². The maximum absolute atomic E-state index is 6.73. The van der Waals surface area contributed by atoms with Gasteiger partial charge in [-0.3, -0.25) is 5.41 Å². The summed E-state index contributed by atoms with van der Waals surface area (Å²) in [4.78, 5) is 0. The summed E-state index contributed by atoms with van der Waals surface area (Å²) in [6, 6.07) is 0. The van der Waals surface area contributed by atoms with Crippen LogP contribution in [0, 0.1) is 5.41 Å². The predicted molar refractivity (Wildman–Crippen MR) is 35.9 cm³/mol. The van der Waals surface area contributed by atoms with Crippen molar-refractivity contribution in [2.24, 2.45) is 5.73 Å². The highest BCUT2D eigenvalue weighted by Gasteiger charge is 1.72. The SMILES string of the molecule is C=CC/C=C/C(=N)N. The molecule has 0 bridgehead atoms. The molecule has 44 valence electrons. The molecule has 0 aromatic rings. The molecule has 0 aliphatic carbocycles. The van der Waals surface area contributed by atoms with Crippen LogP contribution in [0.5, 0.6) is 0 Å². The predicted octanol–water partition coefficient (Wildman–Crippen LogP) is 1.05. The second kappa shape index (κ2) is 4.12. The normalized spacial score (nSPS) is 9.50. The zero-order chi connectivity index (χ0) is 6.41. The zero-order valence-electron chi connectivity index (χ0n) is 4.72. The van der Waals surface area contributed by atoms with Crippen molar-refractivity contribution >= 4 is 5.84 Å². The summed E-state index contributed by atoms with van der Waals surface area (Å²) >= 11 is 0. The molecule has 0 heterocycles. The van der Waals surface area contributed by atoms with Gasteiger partial charge in [0.05, 0.1) is 0 Å². The van der Waals surface area contributed by atoms with E-state index in [2.05, 4.69) is 6.58 Å².